The van der Waals surface area contributed by atoms with Crippen molar-refractivity contribution < 1.29 is 17.6 Å². The smallest absolute Gasteiger partial charge is 0.232 e. The summed E-state index contributed by atoms with van der Waals surface area (Å²) in [5.41, 5.74) is 3.25. The standard InChI is InChI=1S/C20H35NO4SSi/c1-14(2)27(15(3)4,16(5)6)25-13-17-12-21(26(8,22)23)20-11-18(24-7)9-10-19(17)20/h9-11,14-17H,12-13H2,1-8H3/t17-/m0/s1. The van der Waals surface area contributed by atoms with Gasteiger partial charge in [0.15, 0.2) is 8.32 Å². The first-order valence-electron chi connectivity index (χ1n) is 9.74. The highest BCUT2D eigenvalue weighted by atomic mass is 32.2. The van der Waals surface area contributed by atoms with Gasteiger partial charge in [-0.15, -0.1) is 0 Å². The van der Waals surface area contributed by atoms with Crippen molar-refractivity contribution in [3.05, 3.63) is 23.8 Å². The lowest BCUT2D eigenvalue weighted by Gasteiger charge is -2.42. The minimum atomic E-state index is -3.34. The number of hydrogen-bond acceptors (Lipinski definition) is 4. The Kier molecular flexibility index (Phi) is 6.70. The lowest BCUT2D eigenvalue weighted by atomic mass is 10.0. The van der Waals surface area contributed by atoms with Crippen LogP contribution in [0.4, 0.5) is 5.69 Å². The molecule has 0 aliphatic carbocycles. The number of sulfonamides is 1. The maximum Gasteiger partial charge on any atom is 0.232 e. The van der Waals surface area contributed by atoms with E-state index in [0.717, 1.165) is 11.3 Å². The van der Waals surface area contributed by atoms with Crippen molar-refractivity contribution in [1.82, 2.24) is 0 Å². The van der Waals surface area contributed by atoms with E-state index in [0.29, 0.717) is 35.5 Å². The third kappa shape index (κ3) is 4.20. The third-order valence-corrected chi connectivity index (χ3v) is 13.2. The van der Waals surface area contributed by atoms with Crippen LogP contribution in [0.3, 0.4) is 0 Å². The van der Waals surface area contributed by atoms with Gasteiger partial charge in [0.1, 0.15) is 5.75 Å². The summed E-state index contributed by atoms with van der Waals surface area (Å²) in [5, 5.41) is 0. The maximum absolute atomic E-state index is 12.3. The Morgan fingerprint density at radius 1 is 1.11 bits per heavy atom. The normalized spacial score (nSPS) is 17.9. The minimum Gasteiger partial charge on any atom is -0.497 e. The van der Waals surface area contributed by atoms with E-state index >= 15 is 0 Å². The maximum atomic E-state index is 12.3. The predicted molar refractivity (Wildman–Crippen MR) is 115 cm³/mol. The molecule has 0 aromatic heterocycles. The summed E-state index contributed by atoms with van der Waals surface area (Å²) in [5.74, 6) is 0.711. The van der Waals surface area contributed by atoms with Gasteiger partial charge >= 0.3 is 0 Å². The Balaban J connectivity index is 2.36. The van der Waals surface area contributed by atoms with Gasteiger partial charge in [-0.1, -0.05) is 47.6 Å². The van der Waals surface area contributed by atoms with E-state index in [1.807, 2.05) is 18.2 Å². The second kappa shape index (κ2) is 8.13. The second-order valence-corrected chi connectivity index (χ2v) is 15.9. The summed E-state index contributed by atoms with van der Waals surface area (Å²) in [6.45, 7) is 14.6. The van der Waals surface area contributed by atoms with Gasteiger partial charge in [0, 0.05) is 25.1 Å². The molecule has 5 nitrogen and oxygen atoms in total. The lowest BCUT2D eigenvalue weighted by molar-refractivity contribution is 0.259. The van der Waals surface area contributed by atoms with Crippen LogP contribution in [0.15, 0.2) is 18.2 Å². The quantitative estimate of drug-likeness (QED) is 0.577. The summed E-state index contributed by atoms with van der Waals surface area (Å²) in [4.78, 5) is 0. The summed E-state index contributed by atoms with van der Waals surface area (Å²) >= 11 is 0. The number of benzene rings is 1. The Morgan fingerprint density at radius 3 is 2.11 bits per heavy atom. The van der Waals surface area contributed by atoms with Gasteiger partial charge in [-0.3, -0.25) is 4.31 Å². The predicted octanol–water partition coefficient (Wildman–Crippen LogP) is 4.75. The van der Waals surface area contributed by atoms with E-state index in [9.17, 15) is 8.42 Å². The molecule has 0 saturated carbocycles. The summed E-state index contributed by atoms with van der Waals surface area (Å²) in [7, 11) is -3.74. The van der Waals surface area contributed by atoms with Gasteiger partial charge < -0.3 is 9.16 Å². The first kappa shape index (κ1) is 22.2. The van der Waals surface area contributed by atoms with Gasteiger partial charge in [0.25, 0.3) is 0 Å². The van der Waals surface area contributed by atoms with Crippen LogP contribution in [-0.2, 0) is 14.4 Å². The molecular formula is C20H35NO4SSi. The molecule has 1 aromatic rings. The topological polar surface area (TPSA) is 55.8 Å². The zero-order valence-corrected chi connectivity index (χ0v) is 19.8. The number of rotatable bonds is 8. The Morgan fingerprint density at radius 2 is 1.67 bits per heavy atom. The van der Waals surface area contributed by atoms with Crippen molar-refractivity contribution in [2.45, 2.75) is 64.1 Å². The van der Waals surface area contributed by atoms with E-state index < -0.39 is 18.3 Å². The summed E-state index contributed by atoms with van der Waals surface area (Å²) in [6, 6.07) is 5.70. The molecule has 0 fully saturated rings. The highest BCUT2D eigenvalue weighted by Crippen LogP contribution is 2.45. The van der Waals surface area contributed by atoms with Crippen LogP contribution in [0.25, 0.3) is 0 Å². The first-order chi connectivity index (χ1) is 12.4. The molecule has 0 amide bonds. The van der Waals surface area contributed by atoms with Crippen LogP contribution in [0, 0.1) is 0 Å². The summed E-state index contributed by atoms with van der Waals surface area (Å²) < 4.78 is 38.2. The minimum absolute atomic E-state index is 0.0451. The number of fused-ring (bicyclic) bond motifs is 1. The zero-order valence-electron chi connectivity index (χ0n) is 17.9. The fourth-order valence-corrected chi connectivity index (χ4v) is 11.3. The second-order valence-electron chi connectivity index (χ2n) is 8.54. The van der Waals surface area contributed by atoms with Crippen LogP contribution in [0.1, 0.15) is 53.0 Å². The van der Waals surface area contributed by atoms with E-state index in [2.05, 4.69) is 41.5 Å². The van der Waals surface area contributed by atoms with Crippen molar-refractivity contribution in [3.8, 4) is 5.75 Å². The van der Waals surface area contributed by atoms with Gasteiger partial charge in [-0.25, -0.2) is 8.42 Å². The number of ether oxygens (including phenoxy) is 1. The fraction of sp³-hybridized carbons (Fsp3) is 0.700. The van der Waals surface area contributed by atoms with E-state index in [4.69, 9.17) is 9.16 Å². The molecule has 0 saturated heterocycles. The molecule has 7 heteroatoms. The highest BCUT2D eigenvalue weighted by Gasteiger charge is 2.46. The molecule has 27 heavy (non-hydrogen) atoms. The monoisotopic (exact) mass is 413 g/mol. The van der Waals surface area contributed by atoms with Crippen molar-refractivity contribution in [2.75, 3.05) is 30.8 Å². The number of hydrogen-bond donors (Lipinski definition) is 0. The van der Waals surface area contributed by atoms with Crippen LogP contribution in [0.2, 0.25) is 16.6 Å². The Labute approximate surface area is 166 Å². The van der Waals surface area contributed by atoms with Gasteiger partial charge in [-0.2, -0.15) is 0 Å². The zero-order chi connectivity index (χ0) is 20.6. The average molecular weight is 414 g/mol. The van der Waals surface area contributed by atoms with Gasteiger partial charge in [-0.05, 0) is 28.3 Å². The van der Waals surface area contributed by atoms with Crippen molar-refractivity contribution in [2.24, 2.45) is 0 Å². The molecular weight excluding hydrogens is 378 g/mol. The van der Waals surface area contributed by atoms with Crippen LogP contribution in [0.5, 0.6) is 5.75 Å². The van der Waals surface area contributed by atoms with Gasteiger partial charge in [0.05, 0.1) is 19.1 Å². The fourth-order valence-electron chi connectivity index (χ4n) is 4.81. The number of nitrogens with zero attached hydrogens (tertiary/aromatic N) is 1. The molecule has 0 unspecified atom stereocenters. The third-order valence-electron chi connectivity index (χ3n) is 5.97. The summed E-state index contributed by atoms with van der Waals surface area (Å²) in [6.07, 6.45) is 1.26. The van der Waals surface area contributed by atoms with Crippen molar-refractivity contribution in [1.29, 1.82) is 0 Å². The molecule has 0 radical (unpaired) electrons. The first-order valence-corrected chi connectivity index (χ1v) is 13.7. The molecule has 1 aromatic carbocycles. The van der Waals surface area contributed by atoms with Gasteiger partial charge in [0.2, 0.25) is 10.0 Å². The number of methoxy groups -OCH3 is 1. The number of anilines is 1. The van der Waals surface area contributed by atoms with E-state index in [1.165, 1.54) is 10.6 Å². The van der Waals surface area contributed by atoms with Crippen LogP contribution >= 0.6 is 0 Å². The Hall–Kier alpha value is -1.05. The molecule has 0 spiro atoms. The molecule has 2 rings (SSSR count). The molecule has 1 atom stereocenters. The van der Waals surface area contributed by atoms with Crippen LogP contribution < -0.4 is 9.04 Å². The largest absolute Gasteiger partial charge is 0.497 e. The molecule has 154 valence electrons. The van der Waals surface area contributed by atoms with E-state index in [-0.39, 0.29) is 5.92 Å². The van der Waals surface area contributed by atoms with Crippen LogP contribution in [-0.4, -0.2) is 43.3 Å². The molecule has 1 heterocycles. The van der Waals surface area contributed by atoms with Crippen molar-refractivity contribution in [3.63, 3.8) is 0 Å². The highest BCUT2D eigenvalue weighted by molar-refractivity contribution is 7.92. The Bertz CT molecular complexity index is 739. The molecule has 1 aliphatic heterocycles. The molecule has 0 N–H and O–H groups in total. The van der Waals surface area contributed by atoms with E-state index in [1.54, 1.807) is 7.11 Å². The lowest BCUT2D eigenvalue weighted by Crippen LogP contribution is -2.48. The molecule has 1 aliphatic rings. The average Bonchev–Trinajstić information content (AvgIpc) is 2.92. The SMILES string of the molecule is COc1ccc2c(c1)N(S(C)(=O)=O)C[C@H]2CO[Si](C(C)C)(C(C)C)C(C)C. The van der Waals surface area contributed by atoms with Crippen molar-refractivity contribution >= 4 is 24.0 Å². The molecule has 0 bridgehead atoms.